The fourth-order valence-electron chi connectivity index (χ4n) is 1.12. The summed E-state index contributed by atoms with van der Waals surface area (Å²) in [5, 5.41) is 4.12. The van der Waals surface area contributed by atoms with Gasteiger partial charge < -0.3 is 10.2 Å². The highest BCUT2D eigenvalue weighted by Gasteiger charge is 2.06. The van der Waals surface area contributed by atoms with E-state index in [1.807, 2.05) is 32.9 Å². The summed E-state index contributed by atoms with van der Waals surface area (Å²) in [4.78, 5) is 11.2. The molecule has 0 heterocycles. The Hall–Kier alpha value is -1.84. The van der Waals surface area contributed by atoms with Gasteiger partial charge in [-0.2, -0.15) is 5.10 Å². The Labute approximate surface area is 102 Å². The van der Waals surface area contributed by atoms with Gasteiger partial charge in [-0.05, 0) is 38.5 Å². The molecule has 4 heteroatoms. The quantitative estimate of drug-likeness (QED) is 0.495. The van der Waals surface area contributed by atoms with Gasteiger partial charge in [0.1, 0.15) is 0 Å². The average Bonchev–Trinajstić information content (AvgIpc) is 2.27. The molecule has 1 N–H and O–H groups in total. The lowest BCUT2D eigenvalue weighted by molar-refractivity contribution is 0.0601. The van der Waals surface area contributed by atoms with E-state index in [2.05, 4.69) is 15.3 Å². The molecule has 0 saturated heterocycles. The first kappa shape index (κ1) is 13.2. The number of hydrogen-bond donors (Lipinski definition) is 1. The lowest BCUT2D eigenvalue weighted by atomic mass is 10.1. The first-order chi connectivity index (χ1) is 7.92. The summed E-state index contributed by atoms with van der Waals surface area (Å²) in [6.45, 7) is 6.10. The molecule has 0 bridgehead atoms. The van der Waals surface area contributed by atoms with Crippen LogP contribution >= 0.6 is 0 Å². The molecule has 0 aliphatic carbocycles. The number of nitrogens with zero attached hydrogens (tertiary/aromatic N) is 1. The van der Waals surface area contributed by atoms with Gasteiger partial charge in [-0.25, -0.2) is 4.79 Å². The molecule has 0 saturated carbocycles. The summed E-state index contributed by atoms with van der Waals surface area (Å²) in [6, 6.07) is 7.06. The molecule has 17 heavy (non-hydrogen) atoms. The van der Waals surface area contributed by atoms with Crippen molar-refractivity contribution in [3.8, 4) is 0 Å². The van der Waals surface area contributed by atoms with E-state index in [9.17, 15) is 4.79 Å². The van der Waals surface area contributed by atoms with Crippen LogP contribution in [0.5, 0.6) is 0 Å². The van der Waals surface area contributed by atoms with E-state index in [1.54, 1.807) is 18.3 Å². The minimum atomic E-state index is -0.332. The van der Waals surface area contributed by atoms with E-state index in [-0.39, 0.29) is 11.5 Å². The van der Waals surface area contributed by atoms with Crippen LogP contribution in [0.3, 0.4) is 0 Å². The molecule has 1 aromatic carbocycles. The zero-order valence-corrected chi connectivity index (χ0v) is 10.7. The Kier molecular flexibility index (Phi) is 4.26. The normalized spacial score (nSPS) is 11.5. The monoisotopic (exact) mass is 234 g/mol. The van der Waals surface area contributed by atoms with Crippen LogP contribution < -0.4 is 5.43 Å². The Morgan fingerprint density at radius 2 is 1.88 bits per heavy atom. The number of rotatable bonds is 3. The highest BCUT2D eigenvalue weighted by molar-refractivity contribution is 5.90. The van der Waals surface area contributed by atoms with Crippen LogP contribution in [0, 0.1) is 0 Å². The van der Waals surface area contributed by atoms with Crippen LogP contribution in [0.25, 0.3) is 0 Å². The third kappa shape index (κ3) is 4.68. The Balaban J connectivity index is 2.66. The minimum absolute atomic E-state index is 0.0531. The van der Waals surface area contributed by atoms with Crippen molar-refractivity contribution in [2.45, 2.75) is 26.3 Å². The van der Waals surface area contributed by atoms with Gasteiger partial charge in [-0.3, -0.25) is 0 Å². The third-order valence-electron chi connectivity index (χ3n) is 1.95. The van der Waals surface area contributed by atoms with Crippen LogP contribution in [-0.4, -0.2) is 24.8 Å². The molecule has 0 radical (unpaired) electrons. The van der Waals surface area contributed by atoms with Crippen LogP contribution in [0.2, 0.25) is 0 Å². The minimum Gasteiger partial charge on any atom is -0.465 e. The zero-order valence-electron chi connectivity index (χ0n) is 10.7. The predicted molar refractivity (Wildman–Crippen MR) is 68.3 cm³/mol. The van der Waals surface area contributed by atoms with Crippen molar-refractivity contribution in [3.63, 3.8) is 0 Å². The average molecular weight is 234 g/mol. The van der Waals surface area contributed by atoms with Crippen LogP contribution in [0.15, 0.2) is 29.4 Å². The van der Waals surface area contributed by atoms with E-state index in [1.165, 1.54) is 7.11 Å². The van der Waals surface area contributed by atoms with Gasteiger partial charge in [-0.1, -0.05) is 12.1 Å². The number of hydrazone groups is 1. The third-order valence-corrected chi connectivity index (χ3v) is 1.95. The molecule has 0 aromatic heterocycles. The second-order valence-electron chi connectivity index (χ2n) is 4.73. The second-order valence-corrected chi connectivity index (χ2v) is 4.73. The van der Waals surface area contributed by atoms with E-state index in [0.29, 0.717) is 5.56 Å². The Morgan fingerprint density at radius 1 is 1.29 bits per heavy atom. The first-order valence-electron chi connectivity index (χ1n) is 5.41. The Bertz CT molecular complexity index is 402. The van der Waals surface area contributed by atoms with Gasteiger partial charge in [0.05, 0.1) is 18.9 Å². The van der Waals surface area contributed by atoms with Crippen molar-refractivity contribution in [1.82, 2.24) is 5.43 Å². The summed E-state index contributed by atoms with van der Waals surface area (Å²) in [5.41, 5.74) is 4.40. The van der Waals surface area contributed by atoms with Gasteiger partial charge in [0, 0.05) is 5.54 Å². The van der Waals surface area contributed by atoms with Crippen molar-refractivity contribution in [3.05, 3.63) is 35.4 Å². The highest BCUT2D eigenvalue weighted by Crippen LogP contribution is 2.04. The molecule has 0 aliphatic heterocycles. The molecule has 1 aromatic rings. The van der Waals surface area contributed by atoms with Crippen molar-refractivity contribution >= 4 is 12.2 Å². The maximum absolute atomic E-state index is 11.2. The maximum Gasteiger partial charge on any atom is 0.337 e. The largest absolute Gasteiger partial charge is 0.465 e. The molecule has 0 unspecified atom stereocenters. The Morgan fingerprint density at radius 3 is 2.35 bits per heavy atom. The molecule has 4 nitrogen and oxygen atoms in total. The van der Waals surface area contributed by atoms with Gasteiger partial charge in [0.2, 0.25) is 0 Å². The van der Waals surface area contributed by atoms with Gasteiger partial charge in [0.15, 0.2) is 0 Å². The molecule has 0 fully saturated rings. The first-order valence-corrected chi connectivity index (χ1v) is 5.41. The zero-order chi connectivity index (χ0) is 12.9. The van der Waals surface area contributed by atoms with Gasteiger partial charge in [0.25, 0.3) is 0 Å². The lowest BCUT2D eigenvalue weighted by Gasteiger charge is -2.16. The maximum atomic E-state index is 11.2. The fraction of sp³-hybridized carbons (Fsp3) is 0.385. The number of carbonyl (C=O) groups is 1. The summed E-state index contributed by atoms with van der Waals surface area (Å²) >= 11 is 0. The summed E-state index contributed by atoms with van der Waals surface area (Å²) in [6.07, 6.45) is 1.71. The van der Waals surface area contributed by atoms with E-state index < -0.39 is 0 Å². The molecule has 0 atom stereocenters. The van der Waals surface area contributed by atoms with Crippen LogP contribution in [0.4, 0.5) is 0 Å². The molecule has 0 spiro atoms. The van der Waals surface area contributed by atoms with Crippen molar-refractivity contribution in [1.29, 1.82) is 0 Å². The number of benzene rings is 1. The van der Waals surface area contributed by atoms with E-state index >= 15 is 0 Å². The predicted octanol–water partition coefficient (Wildman–Crippen LogP) is 2.20. The standard InChI is InChI=1S/C13H18N2O2/c1-13(2,3)15-14-9-10-5-7-11(8-6-10)12(16)17-4/h5-9,15H,1-4H3/b14-9+. The van der Waals surface area contributed by atoms with Crippen LogP contribution in [0.1, 0.15) is 36.7 Å². The lowest BCUT2D eigenvalue weighted by Crippen LogP contribution is -2.31. The van der Waals surface area contributed by atoms with E-state index in [0.717, 1.165) is 5.56 Å². The number of methoxy groups -OCH3 is 1. The molecule has 1 rings (SSSR count). The molecule has 0 amide bonds. The molecular formula is C13H18N2O2. The van der Waals surface area contributed by atoms with Crippen molar-refractivity contribution in [2.24, 2.45) is 5.10 Å². The van der Waals surface area contributed by atoms with Crippen molar-refractivity contribution < 1.29 is 9.53 Å². The molecule has 0 aliphatic rings. The van der Waals surface area contributed by atoms with Gasteiger partial charge in [-0.15, -0.1) is 0 Å². The summed E-state index contributed by atoms with van der Waals surface area (Å²) in [5.74, 6) is -0.332. The van der Waals surface area contributed by atoms with Crippen LogP contribution in [-0.2, 0) is 4.74 Å². The van der Waals surface area contributed by atoms with Crippen molar-refractivity contribution in [2.75, 3.05) is 7.11 Å². The number of hydrogen-bond acceptors (Lipinski definition) is 4. The fourth-order valence-corrected chi connectivity index (χ4v) is 1.12. The number of carbonyl (C=O) groups excluding carboxylic acids is 1. The second kappa shape index (κ2) is 5.48. The number of ether oxygens (including phenoxy) is 1. The highest BCUT2D eigenvalue weighted by atomic mass is 16.5. The summed E-state index contributed by atoms with van der Waals surface area (Å²) in [7, 11) is 1.37. The smallest absolute Gasteiger partial charge is 0.337 e. The molecular weight excluding hydrogens is 216 g/mol. The number of esters is 1. The summed E-state index contributed by atoms with van der Waals surface area (Å²) < 4.78 is 4.62. The molecule has 92 valence electrons. The SMILES string of the molecule is COC(=O)c1ccc(/C=N/NC(C)(C)C)cc1. The van der Waals surface area contributed by atoms with E-state index in [4.69, 9.17) is 0 Å². The van der Waals surface area contributed by atoms with Gasteiger partial charge >= 0.3 is 5.97 Å². The topological polar surface area (TPSA) is 50.7 Å². The number of nitrogens with one attached hydrogen (secondary N) is 1.